The van der Waals surface area contributed by atoms with Crippen molar-refractivity contribution in [2.45, 2.75) is 18.7 Å². The fourth-order valence-corrected chi connectivity index (χ4v) is 3.03. The van der Waals surface area contributed by atoms with Crippen LogP contribution in [0.4, 0.5) is 0 Å². The number of nitrogens with one attached hydrogen (secondary N) is 1. The largest absolute Gasteiger partial charge is 0.497 e. The predicted molar refractivity (Wildman–Crippen MR) is 105 cm³/mol. The Balaban J connectivity index is 1.64. The highest BCUT2D eigenvalue weighted by Gasteiger charge is 2.08. The van der Waals surface area contributed by atoms with Crippen molar-refractivity contribution in [3.63, 3.8) is 0 Å². The van der Waals surface area contributed by atoms with Gasteiger partial charge in [-0.25, -0.2) is 0 Å². The van der Waals surface area contributed by atoms with Gasteiger partial charge in [0, 0.05) is 5.75 Å². The summed E-state index contributed by atoms with van der Waals surface area (Å²) in [6.07, 6.45) is 0. The summed E-state index contributed by atoms with van der Waals surface area (Å²) in [6, 6.07) is 15.2. The zero-order chi connectivity index (χ0) is 18.8. The van der Waals surface area contributed by atoms with E-state index in [1.807, 2.05) is 55.5 Å². The Labute approximate surface area is 159 Å². The van der Waals surface area contributed by atoms with Crippen LogP contribution in [0.15, 0.2) is 48.5 Å². The van der Waals surface area contributed by atoms with Crippen molar-refractivity contribution in [1.82, 2.24) is 5.32 Å². The maximum Gasteiger partial charge on any atom is 0.230 e. The number of hydrogen-bond donors (Lipinski definition) is 1. The highest BCUT2D eigenvalue weighted by Crippen LogP contribution is 2.18. The van der Waals surface area contributed by atoms with Crippen molar-refractivity contribution in [2.24, 2.45) is 0 Å². The van der Waals surface area contributed by atoms with Crippen molar-refractivity contribution in [1.29, 1.82) is 0 Å². The number of methoxy groups -OCH3 is 2. The maximum absolute atomic E-state index is 12.0. The predicted octanol–water partition coefficient (Wildman–Crippen LogP) is 3.52. The van der Waals surface area contributed by atoms with Gasteiger partial charge >= 0.3 is 0 Å². The van der Waals surface area contributed by atoms with Gasteiger partial charge < -0.3 is 19.5 Å². The number of thioether (sulfide) groups is 1. The monoisotopic (exact) mass is 375 g/mol. The minimum Gasteiger partial charge on any atom is -0.497 e. The number of hydrogen-bond acceptors (Lipinski definition) is 5. The molecule has 2 rings (SSSR count). The molecule has 0 unspecified atom stereocenters. The molecule has 0 bridgehead atoms. The van der Waals surface area contributed by atoms with E-state index in [-0.39, 0.29) is 11.9 Å². The summed E-state index contributed by atoms with van der Waals surface area (Å²) in [5.74, 6) is 3.58. The summed E-state index contributed by atoms with van der Waals surface area (Å²) in [6.45, 7) is 2.34. The summed E-state index contributed by atoms with van der Waals surface area (Å²) >= 11 is 1.58. The number of benzene rings is 2. The van der Waals surface area contributed by atoms with Crippen LogP contribution in [0.2, 0.25) is 0 Å². The Morgan fingerprint density at radius 2 is 1.50 bits per heavy atom. The van der Waals surface area contributed by atoms with Crippen molar-refractivity contribution in [3.8, 4) is 17.2 Å². The van der Waals surface area contributed by atoms with E-state index in [1.165, 1.54) is 5.56 Å². The topological polar surface area (TPSA) is 56.8 Å². The van der Waals surface area contributed by atoms with Gasteiger partial charge in [0.05, 0.1) is 26.0 Å². The van der Waals surface area contributed by atoms with E-state index in [9.17, 15) is 4.79 Å². The Morgan fingerprint density at radius 1 is 0.962 bits per heavy atom. The Hall–Kier alpha value is -2.34. The van der Waals surface area contributed by atoms with Crippen molar-refractivity contribution < 1.29 is 19.0 Å². The number of carbonyl (C=O) groups excluding carboxylic acids is 1. The number of amides is 1. The van der Waals surface area contributed by atoms with Crippen molar-refractivity contribution >= 4 is 17.7 Å². The first-order chi connectivity index (χ1) is 12.6. The minimum absolute atomic E-state index is 0.00865. The second-order valence-corrected chi connectivity index (χ2v) is 6.78. The molecule has 0 radical (unpaired) electrons. The molecular weight excluding hydrogens is 350 g/mol. The zero-order valence-electron chi connectivity index (χ0n) is 15.4. The third kappa shape index (κ3) is 6.88. The van der Waals surface area contributed by atoms with Gasteiger partial charge in [0.25, 0.3) is 0 Å². The molecule has 0 spiro atoms. The molecule has 1 amide bonds. The highest BCUT2D eigenvalue weighted by atomic mass is 32.2. The van der Waals surface area contributed by atoms with Crippen molar-refractivity contribution in [2.75, 3.05) is 26.6 Å². The fourth-order valence-electron chi connectivity index (χ4n) is 2.23. The summed E-state index contributed by atoms with van der Waals surface area (Å²) in [7, 11) is 3.27. The van der Waals surface area contributed by atoms with E-state index >= 15 is 0 Å². The first-order valence-electron chi connectivity index (χ1n) is 8.37. The SMILES string of the molecule is COc1ccc(CSCC(=O)N[C@H](C)COc2ccc(OC)cc2)cc1. The second kappa shape index (κ2) is 10.6. The normalized spacial score (nSPS) is 11.5. The lowest BCUT2D eigenvalue weighted by molar-refractivity contribution is -0.119. The smallest absolute Gasteiger partial charge is 0.230 e. The maximum atomic E-state index is 12.0. The van der Waals surface area contributed by atoms with E-state index < -0.39 is 0 Å². The Kier molecular flexibility index (Phi) is 8.15. The average molecular weight is 375 g/mol. The van der Waals surface area contributed by atoms with Crippen LogP contribution in [0.3, 0.4) is 0 Å². The summed E-state index contributed by atoms with van der Waals surface area (Å²) in [4.78, 5) is 12.0. The van der Waals surface area contributed by atoms with E-state index in [4.69, 9.17) is 14.2 Å². The fraction of sp³-hybridized carbons (Fsp3) is 0.350. The van der Waals surface area contributed by atoms with Gasteiger partial charge in [0.15, 0.2) is 0 Å². The van der Waals surface area contributed by atoms with Crippen LogP contribution in [0.1, 0.15) is 12.5 Å². The van der Waals surface area contributed by atoms with E-state index in [0.29, 0.717) is 12.4 Å². The molecule has 0 saturated carbocycles. The Morgan fingerprint density at radius 3 is 2.08 bits per heavy atom. The quantitative estimate of drug-likeness (QED) is 0.689. The molecule has 0 aliphatic carbocycles. The lowest BCUT2D eigenvalue weighted by atomic mass is 10.2. The number of carbonyl (C=O) groups is 1. The van der Waals surface area contributed by atoms with Gasteiger partial charge in [-0.15, -0.1) is 11.8 Å². The zero-order valence-corrected chi connectivity index (χ0v) is 16.2. The van der Waals surface area contributed by atoms with Crippen LogP contribution < -0.4 is 19.5 Å². The lowest BCUT2D eigenvalue weighted by Crippen LogP contribution is -2.37. The average Bonchev–Trinajstić information content (AvgIpc) is 2.67. The van der Waals surface area contributed by atoms with Crippen LogP contribution in [-0.2, 0) is 10.5 Å². The van der Waals surface area contributed by atoms with E-state index in [0.717, 1.165) is 23.0 Å². The standard InChI is InChI=1S/C20H25NO4S/c1-15(12-25-19-10-8-18(24-3)9-11-19)21-20(22)14-26-13-16-4-6-17(23-2)7-5-16/h4-11,15H,12-14H2,1-3H3,(H,21,22)/t15-/m1/s1. The second-order valence-electron chi connectivity index (χ2n) is 5.80. The van der Waals surface area contributed by atoms with Gasteiger partial charge in [0.1, 0.15) is 23.9 Å². The van der Waals surface area contributed by atoms with Crippen LogP contribution in [0.25, 0.3) is 0 Å². The molecule has 0 saturated heterocycles. The van der Waals surface area contributed by atoms with E-state index in [1.54, 1.807) is 26.0 Å². The minimum atomic E-state index is -0.0637. The molecule has 0 aromatic heterocycles. The Bertz CT molecular complexity index is 673. The lowest BCUT2D eigenvalue weighted by Gasteiger charge is -2.15. The molecule has 0 fully saturated rings. The molecule has 0 aliphatic heterocycles. The molecule has 140 valence electrons. The first-order valence-corrected chi connectivity index (χ1v) is 9.53. The van der Waals surface area contributed by atoms with Gasteiger partial charge in [0.2, 0.25) is 5.91 Å². The third-order valence-electron chi connectivity index (χ3n) is 3.63. The van der Waals surface area contributed by atoms with Gasteiger partial charge in [-0.1, -0.05) is 12.1 Å². The molecule has 1 atom stereocenters. The van der Waals surface area contributed by atoms with Crippen molar-refractivity contribution in [3.05, 3.63) is 54.1 Å². The third-order valence-corrected chi connectivity index (χ3v) is 4.63. The molecule has 0 heterocycles. The van der Waals surface area contributed by atoms with Crippen LogP contribution in [-0.4, -0.2) is 38.5 Å². The summed E-state index contributed by atoms with van der Waals surface area (Å²) < 4.78 is 15.9. The molecule has 5 nitrogen and oxygen atoms in total. The molecule has 26 heavy (non-hydrogen) atoms. The molecule has 6 heteroatoms. The summed E-state index contributed by atoms with van der Waals surface area (Å²) in [5.41, 5.74) is 1.17. The molecule has 0 aliphatic rings. The molecule has 2 aromatic rings. The van der Waals surface area contributed by atoms with E-state index in [2.05, 4.69) is 5.32 Å². The van der Waals surface area contributed by atoms with Gasteiger partial charge in [-0.3, -0.25) is 4.79 Å². The summed E-state index contributed by atoms with van der Waals surface area (Å²) in [5, 5.41) is 2.95. The number of ether oxygens (including phenoxy) is 3. The molecule has 2 aromatic carbocycles. The number of rotatable bonds is 10. The molecular formula is C20H25NO4S. The highest BCUT2D eigenvalue weighted by molar-refractivity contribution is 7.99. The van der Waals surface area contributed by atoms with Gasteiger partial charge in [-0.2, -0.15) is 0 Å². The van der Waals surface area contributed by atoms with Gasteiger partial charge in [-0.05, 0) is 48.9 Å². The first kappa shape index (κ1) is 20.0. The van der Waals surface area contributed by atoms with Crippen LogP contribution >= 0.6 is 11.8 Å². The van der Waals surface area contributed by atoms with Crippen LogP contribution in [0, 0.1) is 0 Å². The van der Waals surface area contributed by atoms with Crippen LogP contribution in [0.5, 0.6) is 17.2 Å². The molecule has 1 N–H and O–H groups in total.